The third-order valence-electron chi connectivity index (χ3n) is 7.73. The number of hydrogen-bond acceptors (Lipinski definition) is 2. The number of aliphatic hydroxyl groups excluding tert-OH is 1. The van der Waals surface area contributed by atoms with E-state index in [9.17, 15) is 5.11 Å². The summed E-state index contributed by atoms with van der Waals surface area (Å²) in [7, 11) is -2.39. The Hall–Kier alpha value is -1.42. The molecule has 0 amide bonds. The van der Waals surface area contributed by atoms with Gasteiger partial charge in [0.15, 0.2) is 0 Å². The van der Waals surface area contributed by atoms with Crippen LogP contribution >= 0.6 is 0 Å². The summed E-state index contributed by atoms with van der Waals surface area (Å²) in [6.45, 7) is 10.5. The molecule has 0 spiro atoms. The van der Waals surface area contributed by atoms with Gasteiger partial charge in [-0.05, 0) is 64.3 Å². The van der Waals surface area contributed by atoms with Gasteiger partial charge in [0.25, 0.3) is 8.32 Å². The standard InChI is InChI=1S/C27H38O2Si/c1-26(2,3)30(22-13-7-5-8-14-22,23-15-9-6-10-16-23)29-17-11-12-21-18-24(21)25-19-27(25,4)20-28/h5-10,13-16,21,24-25,28H,11-12,17-20H2,1-4H3/t21-,24-,25+,27+/m0/s1. The lowest BCUT2D eigenvalue weighted by molar-refractivity contribution is 0.206. The molecule has 2 saturated carbocycles. The fourth-order valence-corrected chi connectivity index (χ4v) is 10.3. The minimum absolute atomic E-state index is 0.0504. The molecule has 2 nitrogen and oxygen atoms in total. The van der Waals surface area contributed by atoms with E-state index < -0.39 is 8.32 Å². The van der Waals surface area contributed by atoms with Crippen molar-refractivity contribution in [2.75, 3.05) is 13.2 Å². The van der Waals surface area contributed by atoms with Gasteiger partial charge in [-0.25, -0.2) is 0 Å². The fraction of sp³-hybridized carbons (Fsp3) is 0.556. The van der Waals surface area contributed by atoms with Crippen molar-refractivity contribution in [1.82, 2.24) is 0 Å². The summed E-state index contributed by atoms with van der Waals surface area (Å²) in [4.78, 5) is 0. The number of aliphatic hydroxyl groups is 1. The molecule has 2 aromatic carbocycles. The van der Waals surface area contributed by atoms with Crippen LogP contribution in [0.1, 0.15) is 53.4 Å². The first-order valence-electron chi connectivity index (χ1n) is 11.7. The first kappa shape index (κ1) is 21.8. The van der Waals surface area contributed by atoms with Crippen molar-refractivity contribution in [2.45, 2.75) is 58.4 Å². The van der Waals surface area contributed by atoms with Crippen LogP contribution in [0.5, 0.6) is 0 Å². The van der Waals surface area contributed by atoms with Crippen molar-refractivity contribution in [3.63, 3.8) is 0 Å². The van der Waals surface area contributed by atoms with Gasteiger partial charge in [-0.15, -0.1) is 0 Å². The average molecular weight is 423 g/mol. The van der Waals surface area contributed by atoms with Crippen LogP contribution in [-0.2, 0) is 4.43 Å². The van der Waals surface area contributed by atoms with Crippen LogP contribution in [0.15, 0.2) is 60.7 Å². The van der Waals surface area contributed by atoms with E-state index in [4.69, 9.17) is 4.43 Å². The highest BCUT2D eigenvalue weighted by atomic mass is 28.4. The highest BCUT2D eigenvalue weighted by molar-refractivity contribution is 6.99. The minimum Gasteiger partial charge on any atom is -0.407 e. The Balaban J connectivity index is 1.45. The zero-order valence-electron chi connectivity index (χ0n) is 19.1. The average Bonchev–Trinajstić information content (AvgIpc) is 3.64. The van der Waals surface area contributed by atoms with Crippen molar-refractivity contribution in [3.8, 4) is 0 Å². The van der Waals surface area contributed by atoms with E-state index in [1.54, 1.807) is 0 Å². The largest absolute Gasteiger partial charge is 0.407 e. The van der Waals surface area contributed by atoms with E-state index >= 15 is 0 Å². The molecule has 0 aliphatic heterocycles. The molecule has 0 radical (unpaired) electrons. The quantitative estimate of drug-likeness (QED) is 0.455. The van der Waals surface area contributed by atoms with Crippen LogP contribution in [0, 0.1) is 23.2 Å². The maximum absolute atomic E-state index is 9.58. The number of rotatable bonds is 9. The first-order chi connectivity index (χ1) is 14.3. The van der Waals surface area contributed by atoms with Crippen LogP contribution < -0.4 is 10.4 Å². The van der Waals surface area contributed by atoms with Crippen molar-refractivity contribution in [3.05, 3.63) is 60.7 Å². The van der Waals surface area contributed by atoms with Gasteiger partial charge in [0.05, 0.1) is 0 Å². The molecule has 1 N–H and O–H groups in total. The summed E-state index contributed by atoms with van der Waals surface area (Å²) in [5.41, 5.74) is 0.227. The van der Waals surface area contributed by atoms with Gasteiger partial charge in [-0.3, -0.25) is 0 Å². The Morgan fingerprint density at radius 2 is 1.57 bits per heavy atom. The fourth-order valence-electron chi connectivity index (χ4n) is 5.72. The first-order valence-corrected chi connectivity index (χ1v) is 13.6. The second-order valence-electron chi connectivity index (χ2n) is 10.9. The van der Waals surface area contributed by atoms with E-state index in [0.717, 1.165) is 30.8 Å². The SMILES string of the molecule is CC(C)(C)[Si](OCCC[C@H]1C[C@@H]1[C@H]1C[C@]1(C)CO)(c1ccccc1)c1ccccc1. The van der Waals surface area contributed by atoms with E-state index in [0.29, 0.717) is 6.61 Å². The predicted molar refractivity (Wildman–Crippen MR) is 128 cm³/mol. The van der Waals surface area contributed by atoms with Gasteiger partial charge in [-0.1, -0.05) is 88.4 Å². The van der Waals surface area contributed by atoms with E-state index in [1.165, 1.54) is 29.6 Å². The molecule has 0 unspecified atom stereocenters. The normalized spacial score (nSPS) is 28.4. The molecule has 4 atom stereocenters. The summed E-state index contributed by atoms with van der Waals surface area (Å²) in [6, 6.07) is 21.9. The Labute approximate surface area is 183 Å². The third-order valence-corrected chi connectivity index (χ3v) is 12.8. The highest BCUT2D eigenvalue weighted by Gasteiger charge is 2.59. The summed E-state index contributed by atoms with van der Waals surface area (Å²) in [5, 5.41) is 12.4. The lowest BCUT2D eigenvalue weighted by atomic mass is 10.0. The molecule has 2 aromatic rings. The molecule has 0 saturated heterocycles. The molecule has 0 aromatic heterocycles. The van der Waals surface area contributed by atoms with E-state index in [2.05, 4.69) is 88.4 Å². The summed E-state index contributed by atoms with van der Waals surface area (Å²) in [5.74, 6) is 2.48. The molecule has 2 aliphatic carbocycles. The Morgan fingerprint density at radius 3 is 2.03 bits per heavy atom. The molecule has 0 bridgehead atoms. The minimum atomic E-state index is -2.39. The third kappa shape index (κ3) is 4.04. The second-order valence-corrected chi connectivity index (χ2v) is 15.2. The predicted octanol–water partition coefficient (Wildman–Crippen LogP) is 5.00. The molecule has 30 heavy (non-hydrogen) atoms. The Kier molecular flexibility index (Phi) is 6.00. The molecule has 2 fully saturated rings. The van der Waals surface area contributed by atoms with Gasteiger partial charge < -0.3 is 9.53 Å². The van der Waals surface area contributed by atoms with Crippen LogP contribution in [0.25, 0.3) is 0 Å². The van der Waals surface area contributed by atoms with Crippen molar-refractivity contribution >= 4 is 18.7 Å². The molecule has 2 aliphatic rings. The zero-order valence-corrected chi connectivity index (χ0v) is 20.1. The van der Waals surface area contributed by atoms with Crippen molar-refractivity contribution in [1.29, 1.82) is 0 Å². The summed E-state index contributed by atoms with van der Waals surface area (Å²) >= 11 is 0. The van der Waals surface area contributed by atoms with E-state index in [-0.39, 0.29) is 10.5 Å². The lowest BCUT2D eigenvalue weighted by Gasteiger charge is -2.43. The van der Waals surface area contributed by atoms with Crippen LogP contribution in [0.2, 0.25) is 5.04 Å². The second kappa shape index (κ2) is 8.25. The maximum atomic E-state index is 9.58. The van der Waals surface area contributed by atoms with Crippen LogP contribution in [-0.4, -0.2) is 26.6 Å². The van der Waals surface area contributed by atoms with Crippen LogP contribution in [0.4, 0.5) is 0 Å². The van der Waals surface area contributed by atoms with Gasteiger partial charge in [0.1, 0.15) is 0 Å². The molecular formula is C27H38O2Si. The molecule has 3 heteroatoms. The smallest absolute Gasteiger partial charge is 0.261 e. The zero-order chi connectivity index (χ0) is 21.4. The topological polar surface area (TPSA) is 29.5 Å². The van der Waals surface area contributed by atoms with E-state index in [1.807, 2.05) is 0 Å². The Morgan fingerprint density at radius 1 is 1.00 bits per heavy atom. The monoisotopic (exact) mass is 422 g/mol. The lowest BCUT2D eigenvalue weighted by Crippen LogP contribution is -2.66. The van der Waals surface area contributed by atoms with Crippen molar-refractivity contribution < 1.29 is 9.53 Å². The van der Waals surface area contributed by atoms with Gasteiger partial charge in [0, 0.05) is 13.2 Å². The van der Waals surface area contributed by atoms with Gasteiger partial charge >= 0.3 is 0 Å². The van der Waals surface area contributed by atoms with Gasteiger partial charge in [0.2, 0.25) is 0 Å². The summed E-state index contributed by atoms with van der Waals surface area (Å²) < 4.78 is 7.02. The number of benzene rings is 2. The molecule has 0 heterocycles. The van der Waals surface area contributed by atoms with Gasteiger partial charge in [-0.2, -0.15) is 0 Å². The number of hydrogen-bond donors (Lipinski definition) is 1. The van der Waals surface area contributed by atoms with Crippen molar-refractivity contribution in [2.24, 2.45) is 23.2 Å². The summed E-state index contributed by atoms with van der Waals surface area (Å²) in [6.07, 6.45) is 4.98. The molecular weight excluding hydrogens is 384 g/mol. The molecule has 4 rings (SSSR count). The maximum Gasteiger partial charge on any atom is 0.261 e. The van der Waals surface area contributed by atoms with Crippen LogP contribution in [0.3, 0.4) is 0 Å². The highest BCUT2D eigenvalue weighted by Crippen LogP contribution is 2.65. The molecule has 162 valence electrons. The Bertz CT molecular complexity index is 789.